The Morgan fingerprint density at radius 1 is 0.500 bits per heavy atom. The van der Waals surface area contributed by atoms with Crippen LogP contribution < -0.4 is 0 Å². The minimum atomic E-state index is -4.73. The summed E-state index contributed by atoms with van der Waals surface area (Å²) in [7, 11) is -4.73. The van der Waals surface area contributed by atoms with E-state index >= 15 is 0 Å². The summed E-state index contributed by atoms with van der Waals surface area (Å²) in [5.41, 5.74) is 0. The van der Waals surface area contributed by atoms with Crippen LogP contribution in [-0.4, -0.2) is 41.0 Å². The maximum atomic E-state index is 12.2. The van der Waals surface area contributed by atoms with Crippen LogP contribution in [0.15, 0.2) is 0 Å². The molecule has 2 N–H and O–H groups in total. The van der Waals surface area contributed by atoms with Crippen molar-refractivity contribution in [2.75, 3.05) is 13.2 Å². The van der Waals surface area contributed by atoms with E-state index in [0.29, 0.717) is 6.42 Å². The fourth-order valence-electron chi connectivity index (χ4n) is 5.37. The van der Waals surface area contributed by atoms with E-state index in [0.717, 1.165) is 38.5 Å². The normalized spacial score (nSPS) is 12.4. The van der Waals surface area contributed by atoms with Crippen LogP contribution in [0, 0.1) is 0 Å². The molecule has 0 aliphatic heterocycles. The minimum absolute atomic E-state index is 0.217. The number of phosphoric ester groups is 1. The molecule has 0 rings (SSSR count). The van der Waals surface area contributed by atoms with Gasteiger partial charge in [-0.2, -0.15) is 0 Å². The molecule has 0 saturated heterocycles. The highest BCUT2D eigenvalue weighted by Crippen LogP contribution is 2.36. The Morgan fingerprint density at radius 3 is 1.16 bits per heavy atom. The van der Waals surface area contributed by atoms with E-state index < -0.39 is 32.5 Å². The Bertz CT molecular complexity index is 696. The van der Waals surface area contributed by atoms with Gasteiger partial charge in [0.25, 0.3) is 0 Å². The number of unbranched alkanes of at least 4 members (excludes halogenated alkanes) is 24. The molecule has 44 heavy (non-hydrogen) atoms. The molecule has 0 radical (unpaired) electrons. The fourth-order valence-corrected chi connectivity index (χ4v) is 5.73. The van der Waals surface area contributed by atoms with Crippen LogP contribution in [0.2, 0.25) is 0 Å². The van der Waals surface area contributed by atoms with Gasteiger partial charge in [0.15, 0.2) is 6.10 Å². The van der Waals surface area contributed by atoms with Crippen molar-refractivity contribution < 1.29 is 37.9 Å². The molecular weight excluding hydrogens is 579 g/mol. The molecule has 0 spiro atoms. The van der Waals surface area contributed by atoms with Gasteiger partial charge in [0.1, 0.15) is 6.61 Å². The number of esters is 2. The largest absolute Gasteiger partial charge is 0.469 e. The summed E-state index contributed by atoms with van der Waals surface area (Å²) in [6, 6.07) is 0. The highest BCUT2D eigenvalue weighted by Gasteiger charge is 2.22. The second-order valence-corrected chi connectivity index (χ2v) is 13.8. The lowest BCUT2D eigenvalue weighted by molar-refractivity contribution is -0.161. The van der Waals surface area contributed by atoms with Crippen molar-refractivity contribution in [2.45, 2.75) is 200 Å². The topological polar surface area (TPSA) is 119 Å². The lowest BCUT2D eigenvalue weighted by atomic mass is 10.0. The molecule has 0 heterocycles. The van der Waals surface area contributed by atoms with Crippen LogP contribution >= 0.6 is 7.82 Å². The summed E-state index contributed by atoms with van der Waals surface area (Å²) in [6.45, 7) is 3.65. The zero-order valence-corrected chi connectivity index (χ0v) is 29.5. The lowest BCUT2D eigenvalue weighted by Gasteiger charge is -2.18. The summed E-state index contributed by atoms with van der Waals surface area (Å²) in [5, 5.41) is 0. The van der Waals surface area contributed by atoms with E-state index in [2.05, 4.69) is 18.4 Å². The van der Waals surface area contributed by atoms with Gasteiger partial charge in [0, 0.05) is 12.8 Å². The number of phosphoric acid groups is 1. The van der Waals surface area contributed by atoms with Crippen LogP contribution in [0.1, 0.15) is 194 Å². The summed E-state index contributed by atoms with van der Waals surface area (Å²) in [6.07, 6.45) is 31.3. The second kappa shape index (κ2) is 32.0. The first-order chi connectivity index (χ1) is 21.3. The van der Waals surface area contributed by atoms with Gasteiger partial charge < -0.3 is 19.3 Å². The predicted molar refractivity (Wildman–Crippen MR) is 179 cm³/mol. The Balaban J connectivity index is 3.83. The summed E-state index contributed by atoms with van der Waals surface area (Å²) >= 11 is 0. The molecule has 1 atom stereocenters. The van der Waals surface area contributed by atoms with Crippen LogP contribution in [0.4, 0.5) is 0 Å². The predicted octanol–water partition coefficient (Wildman–Crippen LogP) is 10.5. The highest BCUT2D eigenvalue weighted by atomic mass is 31.2. The summed E-state index contributed by atoms with van der Waals surface area (Å²) < 4.78 is 26.2. The first-order valence-electron chi connectivity index (χ1n) is 18.3. The molecular formula is C35H69O8P. The Labute approximate surface area is 270 Å². The average molecular weight is 649 g/mol. The standard InChI is InChI=1S/C35H69O8P/c1-3-5-7-9-11-13-14-15-16-17-18-19-20-21-22-24-25-27-29-34(36)41-31-33(32-42-44(38,39)40)43-35(37)30-28-26-23-12-10-8-6-4-2/h33H,3-32H2,1-2H3,(H2,38,39,40)/t33-/m1/s1. The van der Waals surface area contributed by atoms with E-state index in [9.17, 15) is 14.2 Å². The first kappa shape index (κ1) is 43.0. The number of rotatable bonds is 34. The van der Waals surface area contributed by atoms with Gasteiger partial charge >= 0.3 is 19.8 Å². The fraction of sp³-hybridized carbons (Fsp3) is 0.943. The van der Waals surface area contributed by atoms with Crippen LogP contribution in [0.3, 0.4) is 0 Å². The molecule has 0 amide bonds. The van der Waals surface area contributed by atoms with Crippen molar-refractivity contribution in [3.8, 4) is 0 Å². The van der Waals surface area contributed by atoms with Crippen molar-refractivity contribution in [1.82, 2.24) is 0 Å². The zero-order chi connectivity index (χ0) is 32.6. The third-order valence-corrected chi connectivity index (χ3v) is 8.61. The Hall–Kier alpha value is -0.950. The maximum absolute atomic E-state index is 12.2. The SMILES string of the molecule is CCCCCCCCCCCCCCCCCCCCC(=O)OC[C@H](COP(=O)(O)O)OC(=O)CCCCCCCCCC. The van der Waals surface area contributed by atoms with Gasteiger partial charge in [-0.15, -0.1) is 0 Å². The average Bonchev–Trinajstić information content (AvgIpc) is 2.98. The highest BCUT2D eigenvalue weighted by molar-refractivity contribution is 7.46. The van der Waals surface area contributed by atoms with Crippen LogP contribution in [0.25, 0.3) is 0 Å². The molecule has 0 unspecified atom stereocenters. The zero-order valence-electron chi connectivity index (χ0n) is 28.6. The minimum Gasteiger partial charge on any atom is -0.462 e. The number of carbonyl (C=O) groups is 2. The van der Waals surface area contributed by atoms with Gasteiger partial charge in [0.2, 0.25) is 0 Å². The third-order valence-electron chi connectivity index (χ3n) is 8.13. The second-order valence-electron chi connectivity index (χ2n) is 12.6. The van der Waals surface area contributed by atoms with Gasteiger partial charge in [-0.05, 0) is 12.8 Å². The number of hydrogen-bond donors (Lipinski definition) is 2. The molecule has 0 aromatic heterocycles. The van der Waals surface area contributed by atoms with E-state index in [1.54, 1.807) is 0 Å². The van der Waals surface area contributed by atoms with E-state index in [1.807, 2.05) is 0 Å². The monoisotopic (exact) mass is 648 g/mol. The molecule has 9 heteroatoms. The van der Waals surface area contributed by atoms with Crippen LogP contribution in [-0.2, 0) is 28.2 Å². The van der Waals surface area contributed by atoms with Crippen molar-refractivity contribution in [3.63, 3.8) is 0 Å². The van der Waals surface area contributed by atoms with Crippen molar-refractivity contribution in [3.05, 3.63) is 0 Å². The Kier molecular flexibility index (Phi) is 31.3. The molecule has 0 fully saturated rings. The first-order valence-corrected chi connectivity index (χ1v) is 19.9. The van der Waals surface area contributed by atoms with Crippen LogP contribution in [0.5, 0.6) is 0 Å². The number of carbonyl (C=O) groups excluding carboxylic acids is 2. The number of hydrogen-bond acceptors (Lipinski definition) is 6. The molecule has 0 bridgehead atoms. The lowest BCUT2D eigenvalue weighted by Crippen LogP contribution is -2.29. The molecule has 262 valence electrons. The Morgan fingerprint density at radius 2 is 0.818 bits per heavy atom. The quantitative estimate of drug-likeness (QED) is 0.0402. The van der Waals surface area contributed by atoms with E-state index in [4.69, 9.17) is 19.3 Å². The molecule has 0 saturated carbocycles. The van der Waals surface area contributed by atoms with Crippen molar-refractivity contribution in [1.29, 1.82) is 0 Å². The van der Waals surface area contributed by atoms with E-state index in [1.165, 1.54) is 122 Å². The van der Waals surface area contributed by atoms with Gasteiger partial charge in [-0.25, -0.2) is 4.57 Å². The van der Waals surface area contributed by atoms with Crippen molar-refractivity contribution in [2.24, 2.45) is 0 Å². The van der Waals surface area contributed by atoms with Gasteiger partial charge in [-0.3, -0.25) is 14.1 Å². The summed E-state index contributed by atoms with van der Waals surface area (Å²) in [4.78, 5) is 42.5. The van der Waals surface area contributed by atoms with Crippen molar-refractivity contribution >= 4 is 19.8 Å². The smallest absolute Gasteiger partial charge is 0.462 e. The van der Waals surface area contributed by atoms with E-state index in [-0.39, 0.29) is 19.4 Å². The molecule has 0 aromatic carbocycles. The third kappa shape index (κ3) is 33.9. The van der Waals surface area contributed by atoms with Gasteiger partial charge in [0.05, 0.1) is 6.61 Å². The number of ether oxygens (including phenoxy) is 2. The molecule has 0 aliphatic rings. The molecule has 0 aliphatic carbocycles. The summed E-state index contributed by atoms with van der Waals surface area (Å²) in [5.74, 6) is -0.878. The molecule has 8 nitrogen and oxygen atoms in total. The maximum Gasteiger partial charge on any atom is 0.469 e. The molecule has 0 aromatic rings. The van der Waals surface area contributed by atoms with Gasteiger partial charge in [-0.1, -0.05) is 168 Å².